The van der Waals surface area contributed by atoms with Gasteiger partial charge in [0.25, 0.3) is 0 Å². The Morgan fingerprint density at radius 2 is 1.73 bits per heavy atom. The predicted molar refractivity (Wildman–Crippen MR) is 49.9 cm³/mol. The molecule has 7 heteroatoms. The van der Waals surface area contributed by atoms with E-state index < -0.39 is 28.4 Å². The molecule has 2 N–H and O–H groups in total. The van der Waals surface area contributed by atoms with Gasteiger partial charge in [-0.2, -0.15) is 0 Å². The number of hydrogen-bond acceptors (Lipinski definition) is 3. The van der Waals surface area contributed by atoms with Gasteiger partial charge in [-0.05, 0) is 12.1 Å². The molecule has 1 amide bonds. The molecule has 80 valence electrons. The molecule has 4 nitrogen and oxygen atoms in total. The number of hydrogen-bond donors (Lipinski definition) is 3. The van der Waals surface area contributed by atoms with Crippen molar-refractivity contribution in [2.24, 2.45) is 0 Å². The van der Waals surface area contributed by atoms with Gasteiger partial charge in [0.05, 0.1) is 4.90 Å². The van der Waals surface area contributed by atoms with Crippen LogP contribution >= 0.6 is 12.6 Å². The summed E-state index contributed by atoms with van der Waals surface area (Å²) in [5, 5.41) is 10.0. The lowest BCUT2D eigenvalue weighted by Gasteiger charge is -2.04. The number of carbonyl (C=O) groups is 2. The zero-order valence-corrected chi connectivity index (χ0v) is 8.02. The molecule has 0 aromatic heterocycles. The molecule has 0 bridgehead atoms. The van der Waals surface area contributed by atoms with Crippen LogP contribution in [-0.2, 0) is 9.59 Å². The van der Waals surface area contributed by atoms with Gasteiger partial charge in [-0.1, -0.05) is 0 Å². The number of carboxylic acid groups (broad SMARTS) is 1. The summed E-state index contributed by atoms with van der Waals surface area (Å²) >= 11 is 3.51. The molecule has 0 saturated carbocycles. The number of aliphatic carboxylic acids is 1. The Morgan fingerprint density at radius 1 is 1.27 bits per heavy atom. The Bertz CT molecular complexity index is 413. The van der Waals surface area contributed by atoms with E-state index in [-0.39, 0.29) is 5.69 Å². The van der Waals surface area contributed by atoms with Crippen LogP contribution < -0.4 is 5.32 Å². The molecule has 0 radical (unpaired) electrons. The number of halogens is 2. The van der Waals surface area contributed by atoms with E-state index in [1.54, 1.807) is 5.32 Å². The zero-order chi connectivity index (χ0) is 11.6. The fraction of sp³-hybridized carbons (Fsp3) is 0. The lowest BCUT2D eigenvalue weighted by Crippen LogP contribution is -2.22. The number of benzene rings is 1. The van der Waals surface area contributed by atoms with E-state index in [2.05, 4.69) is 12.6 Å². The maximum Gasteiger partial charge on any atom is 0.394 e. The van der Waals surface area contributed by atoms with Crippen molar-refractivity contribution in [1.82, 2.24) is 0 Å². The quantitative estimate of drug-likeness (QED) is 0.505. The Morgan fingerprint density at radius 3 is 2.13 bits per heavy atom. The average Bonchev–Trinajstić information content (AvgIpc) is 2.13. The van der Waals surface area contributed by atoms with E-state index in [1.807, 2.05) is 0 Å². The topological polar surface area (TPSA) is 66.4 Å². The van der Waals surface area contributed by atoms with Gasteiger partial charge >= 0.3 is 11.9 Å². The molecular weight excluding hydrogens is 228 g/mol. The van der Waals surface area contributed by atoms with Crippen molar-refractivity contribution in [1.29, 1.82) is 0 Å². The smallest absolute Gasteiger partial charge is 0.394 e. The molecule has 0 unspecified atom stereocenters. The molecule has 0 heterocycles. The van der Waals surface area contributed by atoms with Gasteiger partial charge in [-0.3, -0.25) is 4.79 Å². The SMILES string of the molecule is O=C(O)C(=O)Nc1cc(F)c(S)c(F)c1. The van der Waals surface area contributed by atoms with Crippen LogP contribution in [0.2, 0.25) is 0 Å². The van der Waals surface area contributed by atoms with Gasteiger partial charge in [-0.15, -0.1) is 12.6 Å². The summed E-state index contributed by atoms with van der Waals surface area (Å²) in [6.07, 6.45) is 0. The fourth-order valence-corrected chi connectivity index (χ4v) is 0.951. The summed E-state index contributed by atoms with van der Waals surface area (Å²) in [5.41, 5.74) is -0.282. The van der Waals surface area contributed by atoms with Crippen LogP contribution in [0.4, 0.5) is 14.5 Å². The molecule has 0 atom stereocenters. The zero-order valence-electron chi connectivity index (χ0n) is 7.12. The first-order valence-electron chi connectivity index (χ1n) is 3.64. The minimum absolute atomic E-state index is 0.282. The standard InChI is InChI=1S/C8H5F2NO3S/c9-4-1-3(2-5(10)6(4)15)11-7(12)8(13)14/h1-2,15H,(H,11,12)(H,13,14). The van der Waals surface area contributed by atoms with Gasteiger partial charge in [0, 0.05) is 5.69 Å². The van der Waals surface area contributed by atoms with Crippen LogP contribution in [0, 0.1) is 11.6 Å². The molecule has 0 spiro atoms. The number of amides is 1. The Balaban J connectivity index is 2.98. The largest absolute Gasteiger partial charge is 0.474 e. The van der Waals surface area contributed by atoms with Gasteiger partial charge < -0.3 is 10.4 Å². The number of carboxylic acids is 1. The molecule has 0 aliphatic carbocycles. The second-order valence-corrected chi connectivity index (χ2v) is 2.99. The van der Waals surface area contributed by atoms with Crippen LogP contribution in [-0.4, -0.2) is 17.0 Å². The van der Waals surface area contributed by atoms with Crippen LogP contribution in [0.15, 0.2) is 17.0 Å². The van der Waals surface area contributed by atoms with Crippen LogP contribution in [0.3, 0.4) is 0 Å². The molecule has 0 aliphatic heterocycles. The number of anilines is 1. The van der Waals surface area contributed by atoms with E-state index in [0.717, 1.165) is 12.1 Å². The number of rotatable bonds is 1. The van der Waals surface area contributed by atoms with Crippen molar-refractivity contribution < 1.29 is 23.5 Å². The van der Waals surface area contributed by atoms with Crippen LogP contribution in [0.25, 0.3) is 0 Å². The van der Waals surface area contributed by atoms with Gasteiger partial charge in [0.1, 0.15) is 11.6 Å². The summed E-state index contributed by atoms with van der Waals surface area (Å²) in [5.74, 6) is -5.09. The fourth-order valence-electron chi connectivity index (χ4n) is 0.822. The third-order valence-corrected chi connectivity index (χ3v) is 1.90. The molecule has 1 rings (SSSR count). The summed E-state index contributed by atoms with van der Waals surface area (Å²) in [4.78, 5) is 20.3. The van der Waals surface area contributed by atoms with Gasteiger partial charge in [-0.25, -0.2) is 13.6 Å². The van der Waals surface area contributed by atoms with Gasteiger partial charge in [0.15, 0.2) is 0 Å². The third kappa shape index (κ3) is 2.66. The monoisotopic (exact) mass is 233 g/mol. The van der Waals surface area contributed by atoms with E-state index in [9.17, 15) is 18.4 Å². The van der Waals surface area contributed by atoms with Crippen LogP contribution in [0.1, 0.15) is 0 Å². The average molecular weight is 233 g/mol. The number of nitrogens with one attached hydrogen (secondary N) is 1. The van der Waals surface area contributed by atoms with E-state index in [1.165, 1.54) is 0 Å². The maximum absolute atomic E-state index is 12.9. The van der Waals surface area contributed by atoms with Crippen molar-refractivity contribution in [3.8, 4) is 0 Å². The maximum atomic E-state index is 12.9. The summed E-state index contributed by atoms with van der Waals surface area (Å²) < 4.78 is 25.8. The van der Waals surface area contributed by atoms with Gasteiger partial charge in [0.2, 0.25) is 0 Å². The van der Waals surface area contributed by atoms with Crippen LogP contribution in [0.5, 0.6) is 0 Å². The van der Waals surface area contributed by atoms with Crippen molar-refractivity contribution in [3.05, 3.63) is 23.8 Å². The van der Waals surface area contributed by atoms with Crippen molar-refractivity contribution in [2.45, 2.75) is 4.90 Å². The second kappa shape index (κ2) is 4.26. The number of thiol groups is 1. The Kier molecular flexibility index (Phi) is 3.25. The van der Waals surface area contributed by atoms with Crippen molar-refractivity contribution >= 4 is 30.2 Å². The highest BCUT2D eigenvalue weighted by Gasteiger charge is 2.14. The molecule has 0 fully saturated rings. The van der Waals surface area contributed by atoms with Crippen molar-refractivity contribution in [2.75, 3.05) is 5.32 Å². The third-order valence-electron chi connectivity index (χ3n) is 1.47. The molecule has 15 heavy (non-hydrogen) atoms. The first-order chi connectivity index (χ1) is 6.91. The lowest BCUT2D eigenvalue weighted by molar-refractivity contribution is -0.147. The predicted octanol–water partition coefficient (Wildman–Crippen LogP) is 1.28. The summed E-state index contributed by atoms with van der Waals surface area (Å²) in [6.45, 7) is 0. The molecule has 1 aromatic carbocycles. The van der Waals surface area contributed by atoms with E-state index in [4.69, 9.17) is 5.11 Å². The lowest BCUT2D eigenvalue weighted by atomic mass is 10.3. The highest BCUT2D eigenvalue weighted by atomic mass is 32.1. The molecule has 0 aliphatic rings. The molecule has 0 saturated heterocycles. The number of carbonyl (C=O) groups excluding carboxylic acids is 1. The molecular formula is C8H5F2NO3S. The van der Waals surface area contributed by atoms with Crippen molar-refractivity contribution in [3.63, 3.8) is 0 Å². The minimum Gasteiger partial charge on any atom is -0.474 e. The Labute approximate surface area is 88.3 Å². The summed E-state index contributed by atoms with van der Waals surface area (Å²) in [7, 11) is 0. The normalized spacial score (nSPS) is 9.80. The highest BCUT2D eigenvalue weighted by Crippen LogP contribution is 2.21. The molecule has 1 aromatic rings. The first-order valence-corrected chi connectivity index (χ1v) is 4.09. The highest BCUT2D eigenvalue weighted by molar-refractivity contribution is 7.80. The first kappa shape index (κ1) is 11.4. The van der Waals surface area contributed by atoms with E-state index in [0.29, 0.717) is 0 Å². The minimum atomic E-state index is -1.74. The van der Waals surface area contributed by atoms with E-state index >= 15 is 0 Å². The summed E-state index contributed by atoms with van der Waals surface area (Å²) in [6, 6.07) is 1.54. The Hall–Kier alpha value is -1.63. The second-order valence-electron chi connectivity index (χ2n) is 2.55.